The summed E-state index contributed by atoms with van der Waals surface area (Å²) in [5, 5.41) is 22.7. The van der Waals surface area contributed by atoms with Crippen LogP contribution in [0.25, 0.3) is 21.3 Å². The highest BCUT2D eigenvalue weighted by atomic mass is 32.1. The molecule has 2 aromatic heterocycles. The zero-order valence-corrected chi connectivity index (χ0v) is 13.4. The van der Waals surface area contributed by atoms with Crippen LogP contribution in [0.2, 0.25) is 0 Å². The van der Waals surface area contributed by atoms with Gasteiger partial charge in [0.2, 0.25) is 0 Å². The van der Waals surface area contributed by atoms with E-state index in [1.54, 1.807) is 11.3 Å². The number of hydrogen-bond donors (Lipinski definition) is 1. The molecule has 6 heteroatoms. The van der Waals surface area contributed by atoms with E-state index in [0.717, 1.165) is 16.9 Å². The number of ether oxygens (including phenoxy) is 1. The van der Waals surface area contributed by atoms with E-state index in [2.05, 4.69) is 39.0 Å². The number of nitriles is 1. The van der Waals surface area contributed by atoms with Gasteiger partial charge in [0.25, 0.3) is 0 Å². The summed E-state index contributed by atoms with van der Waals surface area (Å²) in [6, 6.07) is 17.9. The molecule has 0 unspecified atom stereocenters. The molecule has 0 spiro atoms. The van der Waals surface area contributed by atoms with Gasteiger partial charge in [-0.2, -0.15) is 15.6 Å². The third-order valence-corrected chi connectivity index (χ3v) is 4.72. The molecule has 0 aliphatic carbocycles. The van der Waals surface area contributed by atoms with Crippen molar-refractivity contribution in [2.45, 2.75) is 6.61 Å². The highest BCUT2D eigenvalue weighted by Crippen LogP contribution is 2.27. The maximum absolute atomic E-state index is 9.07. The zero-order chi connectivity index (χ0) is 16.4. The Bertz CT molecular complexity index is 1040. The first-order valence-corrected chi connectivity index (χ1v) is 8.22. The topological polar surface area (TPSA) is 74.6 Å². The monoisotopic (exact) mass is 332 g/mol. The van der Waals surface area contributed by atoms with Gasteiger partial charge < -0.3 is 4.74 Å². The standard InChI is InChI=1S/C18H12N4OS/c19-10-16-17(21-22-20-16)13-4-2-6-15(9-13)23-11-14-5-1-3-12-7-8-24-18(12)14/h1-9H,11H2,(H,20,21,22). The number of thiophene rings is 1. The molecule has 1 N–H and O–H groups in total. The molecular formula is C18H12N4OS. The fraction of sp³-hybridized carbons (Fsp3) is 0.0556. The summed E-state index contributed by atoms with van der Waals surface area (Å²) in [5.41, 5.74) is 2.76. The fourth-order valence-electron chi connectivity index (χ4n) is 2.57. The number of benzene rings is 2. The molecule has 0 aliphatic rings. The molecule has 0 bridgehead atoms. The number of nitrogens with zero attached hydrogens (tertiary/aromatic N) is 3. The lowest BCUT2D eigenvalue weighted by molar-refractivity contribution is 0.308. The van der Waals surface area contributed by atoms with Crippen LogP contribution < -0.4 is 4.74 Å². The number of H-pyrrole nitrogens is 1. The van der Waals surface area contributed by atoms with E-state index in [4.69, 9.17) is 10.00 Å². The van der Waals surface area contributed by atoms with Crippen LogP contribution in [-0.2, 0) is 6.61 Å². The first kappa shape index (κ1) is 14.4. The number of aromatic amines is 1. The molecule has 2 heterocycles. The van der Waals surface area contributed by atoms with Crippen LogP contribution >= 0.6 is 11.3 Å². The number of fused-ring (bicyclic) bond motifs is 1. The van der Waals surface area contributed by atoms with E-state index in [0.29, 0.717) is 12.3 Å². The first-order valence-electron chi connectivity index (χ1n) is 7.34. The van der Waals surface area contributed by atoms with Crippen molar-refractivity contribution in [2.75, 3.05) is 0 Å². The first-order chi connectivity index (χ1) is 11.8. The summed E-state index contributed by atoms with van der Waals surface area (Å²) in [6.45, 7) is 0.491. The van der Waals surface area contributed by atoms with Crippen LogP contribution in [0.5, 0.6) is 5.75 Å². The fourth-order valence-corrected chi connectivity index (χ4v) is 3.47. The molecule has 0 amide bonds. The molecule has 0 saturated carbocycles. The van der Waals surface area contributed by atoms with Gasteiger partial charge in [-0.3, -0.25) is 0 Å². The molecule has 5 nitrogen and oxygen atoms in total. The minimum Gasteiger partial charge on any atom is -0.489 e. The van der Waals surface area contributed by atoms with Crippen molar-refractivity contribution in [2.24, 2.45) is 0 Å². The number of aromatic nitrogens is 3. The van der Waals surface area contributed by atoms with Crippen LogP contribution in [0.3, 0.4) is 0 Å². The lowest BCUT2D eigenvalue weighted by Gasteiger charge is -2.08. The van der Waals surface area contributed by atoms with Crippen LogP contribution in [0.4, 0.5) is 0 Å². The van der Waals surface area contributed by atoms with Crippen molar-refractivity contribution >= 4 is 21.4 Å². The molecule has 0 radical (unpaired) electrons. The molecule has 116 valence electrons. The van der Waals surface area contributed by atoms with Crippen molar-refractivity contribution < 1.29 is 4.74 Å². The minimum absolute atomic E-state index is 0.274. The van der Waals surface area contributed by atoms with Crippen molar-refractivity contribution in [1.82, 2.24) is 15.4 Å². The number of nitrogens with one attached hydrogen (secondary N) is 1. The van der Waals surface area contributed by atoms with Gasteiger partial charge in [-0.15, -0.1) is 16.4 Å². The molecule has 0 fully saturated rings. The van der Waals surface area contributed by atoms with Gasteiger partial charge in [0.1, 0.15) is 24.1 Å². The van der Waals surface area contributed by atoms with Crippen molar-refractivity contribution in [1.29, 1.82) is 5.26 Å². The quantitative estimate of drug-likeness (QED) is 0.609. The Labute approximate surface area is 142 Å². The van der Waals surface area contributed by atoms with Crippen LogP contribution in [0, 0.1) is 11.3 Å². The second-order valence-corrected chi connectivity index (χ2v) is 6.12. The van der Waals surface area contributed by atoms with Crippen molar-refractivity contribution in [3.8, 4) is 23.1 Å². The molecule has 24 heavy (non-hydrogen) atoms. The van der Waals surface area contributed by atoms with Gasteiger partial charge in [-0.25, -0.2) is 0 Å². The average molecular weight is 332 g/mol. The summed E-state index contributed by atoms with van der Waals surface area (Å²) in [7, 11) is 0. The summed E-state index contributed by atoms with van der Waals surface area (Å²) >= 11 is 1.72. The summed E-state index contributed by atoms with van der Waals surface area (Å²) in [6.07, 6.45) is 0. The number of hydrogen-bond acceptors (Lipinski definition) is 5. The third-order valence-electron chi connectivity index (χ3n) is 3.72. The average Bonchev–Trinajstić information content (AvgIpc) is 3.29. The van der Waals surface area contributed by atoms with E-state index in [1.165, 1.54) is 10.1 Å². The molecule has 0 atom stereocenters. The highest BCUT2D eigenvalue weighted by Gasteiger charge is 2.10. The predicted molar refractivity (Wildman–Crippen MR) is 92.7 cm³/mol. The van der Waals surface area contributed by atoms with E-state index >= 15 is 0 Å². The summed E-state index contributed by atoms with van der Waals surface area (Å²) in [5.74, 6) is 0.730. The minimum atomic E-state index is 0.274. The van der Waals surface area contributed by atoms with Gasteiger partial charge in [0, 0.05) is 15.8 Å². The summed E-state index contributed by atoms with van der Waals surface area (Å²) < 4.78 is 7.19. The molecule has 4 rings (SSSR count). The van der Waals surface area contributed by atoms with Gasteiger partial charge in [-0.05, 0) is 29.0 Å². The molecular weight excluding hydrogens is 320 g/mol. The Hall–Kier alpha value is -3.17. The van der Waals surface area contributed by atoms with Crippen molar-refractivity contribution in [3.05, 3.63) is 65.2 Å². The Morgan fingerprint density at radius 3 is 2.96 bits per heavy atom. The van der Waals surface area contributed by atoms with Gasteiger partial charge in [0.05, 0.1) is 0 Å². The van der Waals surface area contributed by atoms with Gasteiger partial charge >= 0.3 is 0 Å². The predicted octanol–water partition coefficient (Wildman–Crippen LogP) is 4.14. The Kier molecular flexibility index (Phi) is 3.69. The van der Waals surface area contributed by atoms with E-state index in [1.807, 2.05) is 36.4 Å². The largest absolute Gasteiger partial charge is 0.489 e. The van der Waals surface area contributed by atoms with E-state index < -0.39 is 0 Å². The smallest absolute Gasteiger partial charge is 0.190 e. The van der Waals surface area contributed by atoms with Crippen LogP contribution in [0.1, 0.15) is 11.3 Å². The second kappa shape index (κ2) is 6.14. The van der Waals surface area contributed by atoms with Gasteiger partial charge in [0.15, 0.2) is 5.69 Å². The normalized spacial score (nSPS) is 10.6. The SMILES string of the molecule is N#Cc1n[nH]nc1-c1cccc(OCc2cccc3ccsc23)c1. The number of rotatable bonds is 4. The van der Waals surface area contributed by atoms with Crippen LogP contribution in [0.15, 0.2) is 53.9 Å². The molecule has 4 aromatic rings. The highest BCUT2D eigenvalue weighted by molar-refractivity contribution is 7.17. The van der Waals surface area contributed by atoms with E-state index in [9.17, 15) is 0 Å². The lowest BCUT2D eigenvalue weighted by Crippen LogP contribution is -1.96. The molecule has 2 aromatic carbocycles. The third kappa shape index (κ3) is 2.62. The lowest BCUT2D eigenvalue weighted by atomic mass is 10.1. The van der Waals surface area contributed by atoms with Gasteiger partial charge in [-0.1, -0.05) is 30.3 Å². The maximum atomic E-state index is 9.07. The Balaban J connectivity index is 1.59. The maximum Gasteiger partial charge on any atom is 0.190 e. The van der Waals surface area contributed by atoms with Crippen molar-refractivity contribution in [3.63, 3.8) is 0 Å². The van der Waals surface area contributed by atoms with Crippen LogP contribution in [-0.4, -0.2) is 15.4 Å². The van der Waals surface area contributed by atoms with E-state index in [-0.39, 0.29) is 5.69 Å². The molecule has 0 aliphatic heterocycles. The zero-order valence-electron chi connectivity index (χ0n) is 12.6. The Morgan fingerprint density at radius 2 is 2.04 bits per heavy atom. The summed E-state index contributed by atoms with van der Waals surface area (Å²) in [4.78, 5) is 0. The Morgan fingerprint density at radius 1 is 1.12 bits per heavy atom. The second-order valence-electron chi connectivity index (χ2n) is 5.21. The molecule has 0 saturated heterocycles.